The molecule has 0 aliphatic carbocycles. The second-order valence-electron chi connectivity index (χ2n) is 6.38. The lowest BCUT2D eigenvalue weighted by Crippen LogP contribution is -2.12. The molecule has 0 fully saturated rings. The van der Waals surface area contributed by atoms with E-state index in [0.717, 1.165) is 11.1 Å². The van der Waals surface area contributed by atoms with Crippen LogP contribution in [0.1, 0.15) is 16.1 Å². The number of amides is 1. The van der Waals surface area contributed by atoms with Gasteiger partial charge < -0.3 is 9.72 Å². The Bertz CT molecular complexity index is 1240. The van der Waals surface area contributed by atoms with E-state index >= 15 is 0 Å². The number of non-ortho nitro benzene ring substituents is 1. The van der Waals surface area contributed by atoms with E-state index in [9.17, 15) is 14.9 Å². The molecule has 0 bridgehead atoms. The summed E-state index contributed by atoms with van der Waals surface area (Å²) in [5.74, 6) is 0.273. The molecule has 0 atom stereocenters. The van der Waals surface area contributed by atoms with Gasteiger partial charge in [-0.3, -0.25) is 20.2 Å². The number of hydrogen-bond donors (Lipinski definition) is 2. The van der Waals surface area contributed by atoms with Crippen LogP contribution >= 0.6 is 11.3 Å². The molecular weight excluding hydrogens is 392 g/mol. The minimum atomic E-state index is -0.483. The first-order valence-corrected chi connectivity index (χ1v) is 9.52. The first-order chi connectivity index (χ1) is 14.0. The molecule has 2 N–H and O–H groups in total. The quantitative estimate of drug-likeness (QED) is 0.365. The molecule has 4 rings (SSSR count). The van der Waals surface area contributed by atoms with Crippen LogP contribution in [0.15, 0.2) is 47.8 Å². The number of benzene rings is 2. The highest BCUT2D eigenvalue weighted by Gasteiger charge is 2.18. The lowest BCUT2D eigenvalue weighted by Gasteiger charge is -2.07. The van der Waals surface area contributed by atoms with Crippen LogP contribution in [0.3, 0.4) is 0 Å². The second-order valence-corrected chi connectivity index (χ2v) is 7.24. The van der Waals surface area contributed by atoms with Crippen molar-refractivity contribution >= 4 is 39.0 Å². The van der Waals surface area contributed by atoms with Gasteiger partial charge in [0.15, 0.2) is 5.13 Å². The number of nitrogens with one attached hydrogen (secondary N) is 2. The van der Waals surface area contributed by atoms with Gasteiger partial charge in [-0.25, -0.2) is 4.98 Å². The van der Waals surface area contributed by atoms with E-state index in [-0.39, 0.29) is 11.4 Å². The van der Waals surface area contributed by atoms with Crippen molar-refractivity contribution in [1.29, 1.82) is 0 Å². The van der Waals surface area contributed by atoms with Crippen LogP contribution < -0.4 is 10.1 Å². The largest absolute Gasteiger partial charge is 0.496 e. The number of carbonyl (C=O) groups excluding carboxylic acids is 1. The van der Waals surface area contributed by atoms with Gasteiger partial charge in [0.25, 0.3) is 11.6 Å². The molecule has 0 saturated heterocycles. The molecule has 9 heteroatoms. The topological polar surface area (TPSA) is 110 Å². The summed E-state index contributed by atoms with van der Waals surface area (Å²) in [5, 5.41) is 16.7. The number of thiazole rings is 1. The zero-order valence-electron chi connectivity index (χ0n) is 15.6. The molecule has 146 valence electrons. The van der Waals surface area contributed by atoms with E-state index in [0.29, 0.717) is 27.5 Å². The third kappa shape index (κ3) is 3.55. The predicted octanol–water partition coefficient (Wildman–Crippen LogP) is 4.77. The number of H-pyrrole nitrogens is 1. The molecule has 0 unspecified atom stereocenters. The Balaban J connectivity index is 1.60. The van der Waals surface area contributed by atoms with Crippen molar-refractivity contribution in [2.24, 2.45) is 0 Å². The minimum Gasteiger partial charge on any atom is -0.496 e. The third-order valence-corrected chi connectivity index (χ3v) is 5.19. The van der Waals surface area contributed by atoms with Crippen LogP contribution in [0.5, 0.6) is 5.75 Å². The van der Waals surface area contributed by atoms with Gasteiger partial charge in [-0.15, -0.1) is 11.3 Å². The maximum Gasteiger partial charge on any atom is 0.293 e. The monoisotopic (exact) mass is 408 g/mol. The normalized spacial score (nSPS) is 10.8. The smallest absolute Gasteiger partial charge is 0.293 e. The van der Waals surface area contributed by atoms with E-state index in [1.165, 1.54) is 17.4 Å². The summed E-state index contributed by atoms with van der Waals surface area (Å²) >= 11 is 1.29. The molecule has 0 radical (unpaired) electrons. The molecule has 0 spiro atoms. The fourth-order valence-corrected chi connectivity index (χ4v) is 3.76. The zero-order valence-corrected chi connectivity index (χ0v) is 16.4. The Hall–Kier alpha value is -3.72. The molecule has 8 nitrogen and oxygen atoms in total. The molecule has 0 aliphatic heterocycles. The van der Waals surface area contributed by atoms with Crippen molar-refractivity contribution in [2.45, 2.75) is 6.92 Å². The molecule has 2 aromatic heterocycles. The number of rotatable bonds is 5. The summed E-state index contributed by atoms with van der Waals surface area (Å²) in [4.78, 5) is 30.6. The van der Waals surface area contributed by atoms with Gasteiger partial charge >= 0.3 is 0 Å². The van der Waals surface area contributed by atoms with E-state index in [1.807, 2.05) is 30.5 Å². The van der Waals surface area contributed by atoms with Crippen LogP contribution in [-0.4, -0.2) is 27.9 Å². The summed E-state index contributed by atoms with van der Waals surface area (Å²) in [6.07, 6.45) is 0. The van der Waals surface area contributed by atoms with Crippen LogP contribution in [-0.2, 0) is 0 Å². The van der Waals surface area contributed by atoms with E-state index in [2.05, 4.69) is 15.3 Å². The molecule has 29 heavy (non-hydrogen) atoms. The molecule has 4 aromatic rings. The fraction of sp³-hybridized carbons (Fsp3) is 0.100. The van der Waals surface area contributed by atoms with Crippen LogP contribution in [0.4, 0.5) is 10.8 Å². The molecule has 2 aromatic carbocycles. The van der Waals surface area contributed by atoms with E-state index in [1.54, 1.807) is 25.3 Å². The summed E-state index contributed by atoms with van der Waals surface area (Å²) in [6, 6.07) is 12.1. The van der Waals surface area contributed by atoms with Gasteiger partial charge in [-0.05, 0) is 25.1 Å². The zero-order chi connectivity index (χ0) is 20.5. The standard InChI is InChI=1S/C20H16N4O4S/c1-11-6-7-17(28-2)13(8-11)15-10-29-20(22-15)23-19(25)14-9-12-4-3-5-16(24(26)27)18(12)21-14/h3-10,21H,1-2H3,(H,22,23,25). The van der Waals surface area contributed by atoms with Gasteiger partial charge in [0, 0.05) is 22.4 Å². The van der Waals surface area contributed by atoms with Gasteiger partial charge in [0.05, 0.1) is 17.7 Å². The molecule has 2 heterocycles. The number of nitrogens with zero attached hydrogens (tertiary/aromatic N) is 2. The number of aromatic nitrogens is 2. The molecular formula is C20H16N4O4S. The fourth-order valence-electron chi connectivity index (χ4n) is 3.06. The first kappa shape index (κ1) is 18.6. The number of aryl methyl sites for hydroxylation is 1. The van der Waals surface area contributed by atoms with Crippen molar-refractivity contribution in [3.8, 4) is 17.0 Å². The number of fused-ring (bicyclic) bond motifs is 1. The number of para-hydroxylation sites is 1. The SMILES string of the molecule is COc1ccc(C)cc1-c1csc(NC(=O)c2cc3cccc([N+](=O)[O-])c3[nH]2)n1. The Morgan fingerprint density at radius 3 is 2.86 bits per heavy atom. The summed E-state index contributed by atoms with van der Waals surface area (Å²) in [7, 11) is 1.60. The third-order valence-electron chi connectivity index (χ3n) is 4.43. The number of methoxy groups -OCH3 is 1. The Labute approximate surface area is 169 Å². The highest BCUT2D eigenvalue weighted by Crippen LogP contribution is 2.33. The summed E-state index contributed by atoms with van der Waals surface area (Å²) in [5.41, 5.74) is 3.05. The average Bonchev–Trinajstić information content (AvgIpc) is 3.34. The van der Waals surface area contributed by atoms with Crippen molar-refractivity contribution in [1.82, 2.24) is 9.97 Å². The number of anilines is 1. The highest BCUT2D eigenvalue weighted by molar-refractivity contribution is 7.14. The van der Waals surface area contributed by atoms with Gasteiger partial charge in [-0.1, -0.05) is 23.8 Å². The van der Waals surface area contributed by atoms with Gasteiger partial charge in [-0.2, -0.15) is 0 Å². The number of carbonyl (C=O) groups is 1. The number of ether oxygens (including phenoxy) is 1. The summed E-state index contributed by atoms with van der Waals surface area (Å²) < 4.78 is 5.40. The van der Waals surface area contributed by atoms with Crippen molar-refractivity contribution in [3.63, 3.8) is 0 Å². The number of aromatic amines is 1. The minimum absolute atomic E-state index is 0.0790. The summed E-state index contributed by atoms with van der Waals surface area (Å²) in [6.45, 7) is 1.98. The first-order valence-electron chi connectivity index (χ1n) is 8.64. The maximum absolute atomic E-state index is 12.6. The van der Waals surface area contributed by atoms with Gasteiger partial charge in [0.2, 0.25) is 0 Å². The Kier molecular flexibility index (Phi) is 4.73. The predicted molar refractivity (Wildman–Crippen MR) is 112 cm³/mol. The van der Waals surface area contributed by atoms with Crippen molar-refractivity contribution in [3.05, 3.63) is 69.2 Å². The van der Waals surface area contributed by atoms with Crippen molar-refractivity contribution < 1.29 is 14.5 Å². The number of hydrogen-bond acceptors (Lipinski definition) is 6. The average molecular weight is 408 g/mol. The van der Waals surface area contributed by atoms with Crippen LogP contribution in [0, 0.1) is 17.0 Å². The molecule has 1 amide bonds. The van der Waals surface area contributed by atoms with E-state index < -0.39 is 10.8 Å². The lowest BCUT2D eigenvalue weighted by molar-refractivity contribution is -0.383. The Morgan fingerprint density at radius 2 is 2.10 bits per heavy atom. The Morgan fingerprint density at radius 1 is 1.28 bits per heavy atom. The van der Waals surface area contributed by atoms with E-state index in [4.69, 9.17) is 4.74 Å². The molecule has 0 saturated carbocycles. The molecule has 0 aliphatic rings. The van der Waals surface area contributed by atoms with Crippen molar-refractivity contribution in [2.75, 3.05) is 12.4 Å². The second kappa shape index (κ2) is 7.36. The number of nitro groups is 1. The lowest BCUT2D eigenvalue weighted by atomic mass is 10.1. The highest BCUT2D eigenvalue weighted by atomic mass is 32.1. The van der Waals surface area contributed by atoms with Crippen LogP contribution in [0.2, 0.25) is 0 Å². The van der Waals surface area contributed by atoms with Crippen LogP contribution in [0.25, 0.3) is 22.2 Å². The number of nitro benzene ring substituents is 1. The maximum atomic E-state index is 12.6. The van der Waals surface area contributed by atoms with Gasteiger partial charge in [0.1, 0.15) is 17.0 Å².